The number of epoxide rings is 2. The fourth-order valence-electron chi connectivity index (χ4n) is 5.33. The highest BCUT2D eigenvalue weighted by molar-refractivity contribution is 5.86. The summed E-state index contributed by atoms with van der Waals surface area (Å²) < 4.78 is 22.5. The Labute approximate surface area is 205 Å². The maximum atomic E-state index is 5.94. The molecule has 2 fully saturated rings. The molecule has 3 aliphatic rings. The van der Waals surface area contributed by atoms with E-state index in [-0.39, 0.29) is 12.2 Å². The maximum Gasteiger partial charge on any atom is 0.119 e. The Morgan fingerprint density at radius 1 is 0.571 bits per heavy atom. The molecule has 7 rings (SSSR count). The summed E-state index contributed by atoms with van der Waals surface area (Å²) in [7, 11) is 0. The molecule has 1 aliphatic carbocycles. The van der Waals surface area contributed by atoms with Gasteiger partial charge >= 0.3 is 0 Å². The van der Waals surface area contributed by atoms with Crippen molar-refractivity contribution >= 4 is 0 Å². The van der Waals surface area contributed by atoms with E-state index in [4.69, 9.17) is 18.9 Å². The maximum absolute atomic E-state index is 5.94. The molecule has 0 saturated carbocycles. The molecule has 0 unspecified atom stereocenters. The fraction of sp³-hybridized carbons (Fsp3) is 0.226. The number of hydrogen-bond acceptors (Lipinski definition) is 4. The lowest BCUT2D eigenvalue weighted by molar-refractivity contribution is 0.263. The monoisotopic (exact) mass is 462 g/mol. The van der Waals surface area contributed by atoms with E-state index in [1.807, 2.05) is 0 Å². The van der Waals surface area contributed by atoms with Gasteiger partial charge in [0.25, 0.3) is 0 Å². The van der Waals surface area contributed by atoms with E-state index in [0.29, 0.717) is 13.2 Å². The smallest absolute Gasteiger partial charge is 0.119 e. The lowest BCUT2D eigenvalue weighted by Gasteiger charge is -2.34. The van der Waals surface area contributed by atoms with Crippen molar-refractivity contribution in [3.63, 3.8) is 0 Å². The van der Waals surface area contributed by atoms with E-state index in [1.165, 1.54) is 33.4 Å². The van der Waals surface area contributed by atoms with Crippen LogP contribution in [0.25, 0.3) is 11.1 Å². The molecule has 4 nitrogen and oxygen atoms in total. The predicted molar refractivity (Wildman–Crippen MR) is 134 cm³/mol. The summed E-state index contributed by atoms with van der Waals surface area (Å²) in [4.78, 5) is 0. The molecule has 2 heterocycles. The Kier molecular flexibility index (Phi) is 4.90. The van der Waals surface area contributed by atoms with E-state index in [9.17, 15) is 0 Å². The molecule has 35 heavy (non-hydrogen) atoms. The van der Waals surface area contributed by atoms with Crippen molar-refractivity contribution in [3.8, 4) is 22.6 Å². The van der Waals surface area contributed by atoms with Gasteiger partial charge in [-0.3, -0.25) is 0 Å². The van der Waals surface area contributed by atoms with Gasteiger partial charge in [-0.05, 0) is 57.6 Å². The number of benzene rings is 4. The summed E-state index contributed by atoms with van der Waals surface area (Å²) in [5.74, 6) is 1.73. The standard InChI is InChI=1S/C31H26O4/c1-3-7-29-27(5-1)28-6-2-4-8-30(28)31(29,21-9-13-23(14-10-21)32-17-25-19-34-25)22-11-15-24(16-12-22)33-18-26-20-35-26/h1-16,25-26H,17-20H2/t25-,26-/m1/s1. The summed E-state index contributed by atoms with van der Waals surface area (Å²) >= 11 is 0. The first-order chi connectivity index (χ1) is 17.3. The van der Waals surface area contributed by atoms with Gasteiger partial charge in [0.05, 0.1) is 18.6 Å². The van der Waals surface area contributed by atoms with Gasteiger partial charge in [0, 0.05) is 0 Å². The molecule has 0 radical (unpaired) electrons. The minimum Gasteiger partial charge on any atom is -0.491 e. The number of hydrogen-bond donors (Lipinski definition) is 0. The predicted octanol–water partition coefficient (Wildman–Crippen LogP) is 5.60. The highest BCUT2D eigenvalue weighted by Gasteiger charge is 2.45. The van der Waals surface area contributed by atoms with E-state index < -0.39 is 5.41 Å². The first-order valence-corrected chi connectivity index (χ1v) is 12.2. The summed E-state index contributed by atoms with van der Waals surface area (Å²) in [5.41, 5.74) is 7.14. The molecule has 0 spiro atoms. The zero-order valence-electron chi connectivity index (χ0n) is 19.4. The van der Waals surface area contributed by atoms with E-state index >= 15 is 0 Å². The lowest BCUT2D eigenvalue weighted by Crippen LogP contribution is -2.28. The Morgan fingerprint density at radius 3 is 1.37 bits per heavy atom. The zero-order chi connectivity index (χ0) is 23.2. The molecule has 2 aliphatic heterocycles. The molecular formula is C31H26O4. The van der Waals surface area contributed by atoms with Crippen molar-refractivity contribution in [2.75, 3.05) is 26.4 Å². The van der Waals surface area contributed by atoms with Crippen LogP contribution in [0.5, 0.6) is 11.5 Å². The van der Waals surface area contributed by atoms with Crippen molar-refractivity contribution in [3.05, 3.63) is 119 Å². The van der Waals surface area contributed by atoms with Crippen molar-refractivity contribution in [2.24, 2.45) is 0 Å². The Bertz CT molecular complexity index is 1240. The Morgan fingerprint density at radius 2 is 0.971 bits per heavy atom. The zero-order valence-corrected chi connectivity index (χ0v) is 19.4. The number of fused-ring (bicyclic) bond motifs is 3. The molecular weight excluding hydrogens is 436 g/mol. The molecule has 4 aromatic carbocycles. The van der Waals surface area contributed by atoms with E-state index in [1.54, 1.807) is 0 Å². The van der Waals surface area contributed by atoms with Crippen molar-refractivity contribution < 1.29 is 18.9 Å². The topological polar surface area (TPSA) is 43.5 Å². The van der Waals surface area contributed by atoms with Crippen LogP contribution in [-0.4, -0.2) is 38.6 Å². The van der Waals surface area contributed by atoms with Crippen LogP contribution >= 0.6 is 0 Å². The van der Waals surface area contributed by atoms with Crippen LogP contribution in [0, 0.1) is 0 Å². The van der Waals surface area contributed by atoms with Gasteiger partial charge in [-0.25, -0.2) is 0 Å². The normalized spacial score (nSPS) is 20.6. The third-order valence-corrected chi connectivity index (χ3v) is 7.20. The van der Waals surface area contributed by atoms with Crippen LogP contribution in [0.15, 0.2) is 97.1 Å². The lowest BCUT2D eigenvalue weighted by atomic mass is 9.68. The third-order valence-electron chi connectivity index (χ3n) is 7.20. The number of rotatable bonds is 8. The van der Waals surface area contributed by atoms with E-state index in [2.05, 4.69) is 97.1 Å². The molecule has 0 aromatic heterocycles. The van der Waals surface area contributed by atoms with Crippen LogP contribution in [-0.2, 0) is 14.9 Å². The van der Waals surface area contributed by atoms with Gasteiger partial charge in [-0.2, -0.15) is 0 Å². The summed E-state index contributed by atoms with van der Waals surface area (Å²) in [5, 5.41) is 0. The average Bonchev–Trinajstić information content (AvgIpc) is 3.85. The van der Waals surface area contributed by atoms with Gasteiger partial charge in [-0.15, -0.1) is 0 Å². The second-order valence-electron chi connectivity index (χ2n) is 9.42. The van der Waals surface area contributed by atoms with Crippen LogP contribution in [0.4, 0.5) is 0 Å². The second-order valence-corrected chi connectivity index (χ2v) is 9.42. The van der Waals surface area contributed by atoms with Crippen molar-refractivity contribution in [2.45, 2.75) is 17.6 Å². The van der Waals surface area contributed by atoms with Crippen LogP contribution < -0.4 is 9.47 Å². The summed E-state index contributed by atoms with van der Waals surface area (Å²) in [6.45, 7) is 2.79. The van der Waals surface area contributed by atoms with Gasteiger partial charge < -0.3 is 18.9 Å². The highest BCUT2D eigenvalue weighted by atomic mass is 16.6. The molecule has 2 saturated heterocycles. The largest absolute Gasteiger partial charge is 0.491 e. The molecule has 4 heteroatoms. The van der Waals surface area contributed by atoms with Gasteiger partial charge in [0.2, 0.25) is 0 Å². The quantitative estimate of drug-likeness (QED) is 0.281. The van der Waals surface area contributed by atoms with Crippen LogP contribution in [0.1, 0.15) is 22.3 Å². The second kappa shape index (κ2) is 8.26. The highest BCUT2D eigenvalue weighted by Crippen LogP contribution is 2.56. The molecule has 0 N–H and O–H groups in total. The summed E-state index contributed by atoms with van der Waals surface area (Å²) in [6.07, 6.45) is 0.476. The van der Waals surface area contributed by atoms with Crippen molar-refractivity contribution in [1.29, 1.82) is 0 Å². The van der Waals surface area contributed by atoms with Gasteiger partial charge in [0.1, 0.15) is 36.9 Å². The average molecular weight is 463 g/mol. The molecule has 0 amide bonds. The minimum atomic E-state index is -0.427. The SMILES string of the molecule is c1ccc2c(c1)-c1ccccc1C2(c1ccc(OC[C@@H]2CO2)cc1)c1ccc(OC[C@@H]2CO2)cc1. The molecule has 4 aromatic rings. The first-order valence-electron chi connectivity index (χ1n) is 12.2. The van der Waals surface area contributed by atoms with Gasteiger partial charge in [-0.1, -0.05) is 72.8 Å². The van der Waals surface area contributed by atoms with Gasteiger partial charge in [0.15, 0.2) is 0 Å². The third kappa shape index (κ3) is 3.61. The fourth-order valence-corrected chi connectivity index (χ4v) is 5.33. The Balaban J connectivity index is 1.35. The molecule has 2 atom stereocenters. The molecule has 174 valence electrons. The summed E-state index contributed by atoms with van der Waals surface area (Å²) in [6, 6.07) is 34.7. The van der Waals surface area contributed by atoms with Crippen LogP contribution in [0.3, 0.4) is 0 Å². The first kappa shape index (κ1) is 20.7. The minimum absolute atomic E-state index is 0.238. The Hall–Kier alpha value is -3.60. The van der Waals surface area contributed by atoms with Crippen LogP contribution in [0.2, 0.25) is 0 Å². The van der Waals surface area contributed by atoms with E-state index in [0.717, 1.165) is 24.7 Å². The number of ether oxygens (including phenoxy) is 4. The molecule has 0 bridgehead atoms. The van der Waals surface area contributed by atoms with Crippen molar-refractivity contribution in [1.82, 2.24) is 0 Å².